The molecule has 7 heteroatoms. The zero-order valence-corrected chi connectivity index (χ0v) is 15.0. The number of anilines is 1. The number of piperazine rings is 1. The number of nitrogens with zero attached hydrogens (tertiary/aromatic N) is 3. The molecule has 3 aliphatic rings. The molecule has 4 rings (SSSR count). The van der Waals surface area contributed by atoms with E-state index in [1.54, 1.807) is 23.1 Å². The van der Waals surface area contributed by atoms with Gasteiger partial charge in [0.05, 0.1) is 17.5 Å². The Morgan fingerprint density at radius 1 is 0.963 bits per heavy atom. The highest BCUT2D eigenvalue weighted by molar-refractivity contribution is 6.07. The first kappa shape index (κ1) is 17.7. The monoisotopic (exact) mass is 371 g/mol. The molecule has 142 valence electrons. The number of amides is 3. The van der Waals surface area contributed by atoms with E-state index >= 15 is 0 Å². The predicted octanol–water partition coefficient (Wildman–Crippen LogP) is 1.43. The molecule has 2 atom stereocenters. The zero-order valence-electron chi connectivity index (χ0n) is 15.0. The standard InChI is InChI=1S/C20H22FN3O3/c21-16-7-3-4-8-17(16)22-9-11-23(12-10-22)18(25)13-24-19(26)14-5-1-2-6-15(14)20(24)27/h1-4,7-8,14-15H,5-6,9-13H2/t14-,15+. The zero-order chi connectivity index (χ0) is 19.0. The number of rotatable bonds is 3. The number of benzene rings is 1. The molecule has 1 aliphatic carbocycles. The number of imide groups is 1. The molecule has 0 saturated carbocycles. The molecule has 2 saturated heterocycles. The first-order valence-corrected chi connectivity index (χ1v) is 9.33. The summed E-state index contributed by atoms with van der Waals surface area (Å²) in [4.78, 5) is 42.3. The molecule has 0 N–H and O–H groups in total. The van der Waals surface area contributed by atoms with Gasteiger partial charge in [-0.1, -0.05) is 24.3 Å². The Morgan fingerprint density at radius 2 is 1.56 bits per heavy atom. The molecule has 27 heavy (non-hydrogen) atoms. The fourth-order valence-electron chi connectivity index (χ4n) is 4.17. The van der Waals surface area contributed by atoms with Crippen LogP contribution in [-0.4, -0.2) is 60.2 Å². The Bertz CT molecular complexity index is 775. The summed E-state index contributed by atoms with van der Waals surface area (Å²) < 4.78 is 13.9. The summed E-state index contributed by atoms with van der Waals surface area (Å²) in [5, 5.41) is 0. The normalized spacial score (nSPS) is 25.1. The SMILES string of the molecule is O=C(CN1C(=O)[C@H]2CC=CC[C@H]2C1=O)N1CCN(c2ccccc2F)CC1. The van der Waals surface area contributed by atoms with Gasteiger partial charge in [-0.2, -0.15) is 0 Å². The molecule has 2 fully saturated rings. The van der Waals surface area contributed by atoms with Gasteiger partial charge < -0.3 is 9.80 Å². The lowest BCUT2D eigenvalue weighted by Gasteiger charge is -2.36. The molecule has 1 aromatic carbocycles. The third-order valence-corrected chi connectivity index (χ3v) is 5.72. The van der Waals surface area contributed by atoms with Gasteiger partial charge in [0, 0.05) is 26.2 Å². The predicted molar refractivity (Wildman–Crippen MR) is 97.3 cm³/mol. The van der Waals surface area contributed by atoms with E-state index in [9.17, 15) is 18.8 Å². The summed E-state index contributed by atoms with van der Waals surface area (Å²) in [5.41, 5.74) is 0.533. The topological polar surface area (TPSA) is 60.9 Å². The number of halogens is 1. The molecule has 6 nitrogen and oxygen atoms in total. The molecule has 1 aromatic rings. The molecule has 0 unspecified atom stereocenters. The highest BCUT2D eigenvalue weighted by Gasteiger charge is 2.48. The second-order valence-corrected chi connectivity index (χ2v) is 7.24. The number of likely N-dealkylation sites (tertiary alicyclic amines) is 1. The number of allylic oxidation sites excluding steroid dienone is 2. The van der Waals surface area contributed by atoms with Crippen LogP contribution in [0.2, 0.25) is 0 Å². The van der Waals surface area contributed by atoms with Gasteiger partial charge in [0.25, 0.3) is 0 Å². The first-order chi connectivity index (χ1) is 13.1. The molecule has 2 aliphatic heterocycles. The Labute approximate surface area is 157 Å². The Morgan fingerprint density at radius 3 is 2.15 bits per heavy atom. The highest BCUT2D eigenvalue weighted by Crippen LogP contribution is 2.35. The Kier molecular flexibility index (Phi) is 4.68. The summed E-state index contributed by atoms with van der Waals surface area (Å²) >= 11 is 0. The molecule has 0 radical (unpaired) electrons. The van der Waals surface area contributed by atoms with Gasteiger partial charge in [0.15, 0.2) is 0 Å². The van der Waals surface area contributed by atoms with E-state index < -0.39 is 0 Å². The van der Waals surface area contributed by atoms with Crippen LogP contribution >= 0.6 is 0 Å². The number of carbonyl (C=O) groups excluding carboxylic acids is 3. The Balaban J connectivity index is 1.36. The number of hydrogen-bond donors (Lipinski definition) is 0. The van der Waals surface area contributed by atoms with Crippen molar-refractivity contribution < 1.29 is 18.8 Å². The van der Waals surface area contributed by atoms with Crippen LogP contribution in [0, 0.1) is 17.7 Å². The van der Waals surface area contributed by atoms with Crippen molar-refractivity contribution in [2.75, 3.05) is 37.6 Å². The van der Waals surface area contributed by atoms with Gasteiger partial charge >= 0.3 is 0 Å². The average molecular weight is 371 g/mol. The van der Waals surface area contributed by atoms with Crippen LogP contribution in [0.25, 0.3) is 0 Å². The van der Waals surface area contributed by atoms with Crippen molar-refractivity contribution in [3.05, 3.63) is 42.2 Å². The maximum atomic E-state index is 13.9. The van der Waals surface area contributed by atoms with Gasteiger partial charge in [-0.15, -0.1) is 0 Å². The molecule has 3 amide bonds. The van der Waals surface area contributed by atoms with Crippen LogP contribution in [0.4, 0.5) is 10.1 Å². The van der Waals surface area contributed by atoms with Crippen molar-refractivity contribution >= 4 is 23.4 Å². The van der Waals surface area contributed by atoms with E-state index in [0.29, 0.717) is 44.7 Å². The minimum atomic E-state index is -0.312. The lowest BCUT2D eigenvalue weighted by Crippen LogP contribution is -2.52. The molecular weight excluding hydrogens is 349 g/mol. The van der Waals surface area contributed by atoms with Crippen LogP contribution in [0.15, 0.2) is 36.4 Å². The lowest BCUT2D eigenvalue weighted by molar-refractivity contribution is -0.146. The van der Waals surface area contributed by atoms with Crippen molar-refractivity contribution in [1.82, 2.24) is 9.80 Å². The van der Waals surface area contributed by atoms with Crippen LogP contribution in [0.5, 0.6) is 0 Å². The van der Waals surface area contributed by atoms with E-state index in [2.05, 4.69) is 0 Å². The Hall–Kier alpha value is -2.70. The van der Waals surface area contributed by atoms with E-state index in [-0.39, 0.29) is 41.9 Å². The first-order valence-electron chi connectivity index (χ1n) is 9.33. The van der Waals surface area contributed by atoms with E-state index in [0.717, 1.165) is 4.90 Å². The quantitative estimate of drug-likeness (QED) is 0.596. The van der Waals surface area contributed by atoms with E-state index in [4.69, 9.17) is 0 Å². The summed E-state index contributed by atoms with van der Waals surface area (Å²) in [5.74, 6) is -1.58. The summed E-state index contributed by atoms with van der Waals surface area (Å²) in [6, 6.07) is 6.58. The minimum absolute atomic E-state index is 0.190. The van der Waals surface area contributed by atoms with Crippen LogP contribution < -0.4 is 4.90 Å². The second kappa shape index (κ2) is 7.13. The van der Waals surface area contributed by atoms with Gasteiger partial charge in [-0.05, 0) is 25.0 Å². The summed E-state index contributed by atoms with van der Waals surface area (Å²) in [6.07, 6.45) is 5.00. The number of fused-ring (bicyclic) bond motifs is 1. The smallest absolute Gasteiger partial charge is 0.242 e. The van der Waals surface area contributed by atoms with Crippen molar-refractivity contribution in [1.29, 1.82) is 0 Å². The van der Waals surface area contributed by atoms with Crippen molar-refractivity contribution in [2.24, 2.45) is 11.8 Å². The number of carbonyl (C=O) groups is 3. The maximum Gasteiger partial charge on any atom is 0.242 e. The molecule has 2 heterocycles. The third kappa shape index (κ3) is 3.22. The van der Waals surface area contributed by atoms with Crippen molar-refractivity contribution in [2.45, 2.75) is 12.8 Å². The molecule has 0 spiro atoms. The summed E-state index contributed by atoms with van der Waals surface area (Å²) in [6.45, 7) is 1.73. The van der Waals surface area contributed by atoms with Crippen LogP contribution in [0.3, 0.4) is 0 Å². The molecule has 0 bridgehead atoms. The van der Waals surface area contributed by atoms with Crippen LogP contribution in [-0.2, 0) is 14.4 Å². The summed E-state index contributed by atoms with van der Waals surface area (Å²) in [7, 11) is 0. The molecule has 0 aromatic heterocycles. The fraction of sp³-hybridized carbons (Fsp3) is 0.450. The number of hydrogen-bond acceptors (Lipinski definition) is 4. The van der Waals surface area contributed by atoms with Crippen molar-refractivity contribution in [3.63, 3.8) is 0 Å². The third-order valence-electron chi connectivity index (χ3n) is 5.72. The van der Waals surface area contributed by atoms with Crippen LogP contribution in [0.1, 0.15) is 12.8 Å². The lowest BCUT2D eigenvalue weighted by atomic mass is 9.85. The average Bonchev–Trinajstić information content (AvgIpc) is 2.94. The van der Waals surface area contributed by atoms with Gasteiger partial charge in [-0.25, -0.2) is 4.39 Å². The molecular formula is C20H22FN3O3. The minimum Gasteiger partial charge on any atom is -0.366 e. The van der Waals surface area contributed by atoms with Gasteiger partial charge in [-0.3, -0.25) is 19.3 Å². The maximum absolute atomic E-state index is 13.9. The van der Waals surface area contributed by atoms with E-state index in [1.165, 1.54) is 6.07 Å². The number of para-hydroxylation sites is 1. The van der Waals surface area contributed by atoms with E-state index in [1.807, 2.05) is 17.1 Å². The van der Waals surface area contributed by atoms with Gasteiger partial charge in [0.2, 0.25) is 17.7 Å². The fourth-order valence-corrected chi connectivity index (χ4v) is 4.17. The highest BCUT2D eigenvalue weighted by atomic mass is 19.1. The van der Waals surface area contributed by atoms with Crippen molar-refractivity contribution in [3.8, 4) is 0 Å². The largest absolute Gasteiger partial charge is 0.366 e. The second-order valence-electron chi connectivity index (χ2n) is 7.24. The van der Waals surface area contributed by atoms with Gasteiger partial charge in [0.1, 0.15) is 12.4 Å².